The van der Waals surface area contributed by atoms with E-state index in [1.165, 1.54) is 25.7 Å². The van der Waals surface area contributed by atoms with E-state index in [0.29, 0.717) is 12.5 Å². The molecular weight excluding hydrogens is 276 g/mol. The second kappa shape index (κ2) is 9.31. The molecule has 21 heavy (non-hydrogen) atoms. The van der Waals surface area contributed by atoms with Crippen molar-refractivity contribution in [2.45, 2.75) is 97.9 Å². The second-order valence-corrected chi connectivity index (χ2v) is 13.2. The average Bonchev–Trinajstić information content (AvgIpc) is 2.38. The molecule has 0 aliphatic carbocycles. The summed E-state index contributed by atoms with van der Waals surface area (Å²) in [7, 11) is -1.70. The third-order valence-corrected chi connectivity index (χ3v) is 9.69. The van der Waals surface area contributed by atoms with Crippen LogP contribution in [0.15, 0.2) is 0 Å². The van der Waals surface area contributed by atoms with Gasteiger partial charge in [-0.15, -0.1) is 0 Å². The van der Waals surface area contributed by atoms with Gasteiger partial charge in [0.2, 0.25) is 0 Å². The van der Waals surface area contributed by atoms with E-state index in [2.05, 4.69) is 54.6 Å². The summed E-state index contributed by atoms with van der Waals surface area (Å²) in [5, 5.41) is 10.7. The smallest absolute Gasteiger partial charge is 0.191 e. The second-order valence-electron chi connectivity index (χ2n) is 8.37. The Labute approximate surface area is 134 Å². The van der Waals surface area contributed by atoms with Gasteiger partial charge in [0.05, 0.1) is 6.10 Å². The maximum atomic E-state index is 10.5. The van der Waals surface area contributed by atoms with Crippen LogP contribution < -0.4 is 0 Å². The topological polar surface area (TPSA) is 29.5 Å². The molecule has 0 aromatic rings. The Morgan fingerprint density at radius 2 is 1.57 bits per heavy atom. The number of aliphatic hydroxyl groups is 1. The molecule has 0 fully saturated rings. The van der Waals surface area contributed by atoms with E-state index < -0.39 is 8.32 Å². The minimum Gasteiger partial charge on any atom is -0.416 e. The van der Waals surface area contributed by atoms with E-state index in [4.69, 9.17) is 4.43 Å². The number of aliphatic hydroxyl groups excluding tert-OH is 1. The highest BCUT2D eigenvalue weighted by Crippen LogP contribution is 2.37. The van der Waals surface area contributed by atoms with Crippen molar-refractivity contribution in [3.63, 3.8) is 0 Å². The fourth-order valence-electron chi connectivity index (χ4n) is 2.28. The first-order valence-corrected chi connectivity index (χ1v) is 11.8. The van der Waals surface area contributed by atoms with Crippen molar-refractivity contribution in [2.24, 2.45) is 11.8 Å². The molecule has 3 heteroatoms. The van der Waals surface area contributed by atoms with Crippen LogP contribution >= 0.6 is 0 Å². The molecule has 0 aromatic carbocycles. The maximum absolute atomic E-state index is 10.5. The summed E-state index contributed by atoms with van der Waals surface area (Å²) in [6.07, 6.45) is 6.01. The number of unbranched alkanes of at least 4 members (excludes halogenated alkanes) is 3. The zero-order chi connectivity index (χ0) is 16.7. The summed E-state index contributed by atoms with van der Waals surface area (Å²) in [5.41, 5.74) is 0. The Bertz CT molecular complexity index is 271. The highest BCUT2D eigenvalue weighted by molar-refractivity contribution is 6.74. The minimum atomic E-state index is -1.70. The normalized spacial score (nSPS) is 17.6. The lowest BCUT2D eigenvalue weighted by molar-refractivity contribution is 0.0355. The monoisotopic (exact) mass is 316 g/mol. The quantitative estimate of drug-likeness (QED) is 0.419. The Morgan fingerprint density at radius 3 is 2.05 bits per heavy atom. The lowest BCUT2D eigenvalue weighted by atomic mass is 9.90. The molecule has 0 radical (unpaired) electrons. The zero-order valence-electron chi connectivity index (χ0n) is 15.8. The molecular formula is C18H40O2Si. The molecule has 2 nitrogen and oxygen atoms in total. The lowest BCUT2D eigenvalue weighted by Crippen LogP contribution is -2.43. The SMILES string of the molecule is CCCCCC[C@H](C)[C@@H](O)[C@@H](C)CO[Si](C)(C)C(C)(C)C. The molecule has 128 valence electrons. The molecule has 0 aliphatic heterocycles. The molecule has 0 heterocycles. The van der Waals surface area contributed by atoms with Crippen LogP contribution in [0.4, 0.5) is 0 Å². The van der Waals surface area contributed by atoms with Gasteiger partial charge in [-0.2, -0.15) is 0 Å². The fraction of sp³-hybridized carbons (Fsp3) is 1.00. The van der Waals surface area contributed by atoms with Crippen molar-refractivity contribution in [1.29, 1.82) is 0 Å². The van der Waals surface area contributed by atoms with Gasteiger partial charge in [0.15, 0.2) is 8.32 Å². The van der Waals surface area contributed by atoms with Crippen LogP contribution in [0.3, 0.4) is 0 Å². The molecule has 0 aliphatic rings. The van der Waals surface area contributed by atoms with Crippen molar-refractivity contribution >= 4 is 8.32 Å². The van der Waals surface area contributed by atoms with Crippen LogP contribution in [0, 0.1) is 11.8 Å². The summed E-state index contributed by atoms with van der Waals surface area (Å²) in [5.74, 6) is 0.597. The third-order valence-electron chi connectivity index (χ3n) is 5.19. The van der Waals surface area contributed by atoms with E-state index in [9.17, 15) is 5.11 Å². The molecule has 0 saturated heterocycles. The number of rotatable bonds is 10. The van der Waals surface area contributed by atoms with Gasteiger partial charge < -0.3 is 9.53 Å². The Balaban J connectivity index is 4.17. The predicted molar refractivity (Wildman–Crippen MR) is 96.2 cm³/mol. The van der Waals surface area contributed by atoms with E-state index in [1.807, 2.05) is 0 Å². The summed E-state index contributed by atoms with van der Waals surface area (Å²) >= 11 is 0. The first-order valence-electron chi connectivity index (χ1n) is 8.85. The standard InChI is InChI=1S/C18H40O2Si/c1-9-10-11-12-13-15(2)17(19)16(3)14-20-21(7,8)18(4,5)6/h15-17,19H,9-14H2,1-8H3/t15-,16-,17+/m0/s1. The lowest BCUT2D eigenvalue weighted by Gasteiger charge is -2.38. The van der Waals surface area contributed by atoms with Gasteiger partial charge in [-0.25, -0.2) is 0 Å². The van der Waals surface area contributed by atoms with Crippen LogP contribution in [-0.2, 0) is 4.43 Å². The summed E-state index contributed by atoms with van der Waals surface area (Å²) in [6.45, 7) is 18.6. The van der Waals surface area contributed by atoms with Crippen LogP contribution in [-0.4, -0.2) is 26.1 Å². The van der Waals surface area contributed by atoms with Crippen LogP contribution in [0.2, 0.25) is 18.1 Å². The average molecular weight is 317 g/mol. The number of hydrogen-bond acceptors (Lipinski definition) is 2. The van der Waals surface area contributed by atoms with Crippen LogP contribution in [0.5, 0.6) is 0 Å². The summed E-state index contributed by atoms with van der Waals surface area (Å²) in [4.78, 5) is 0. The van der Waals surface area contributed by atoms with E-state index >= 15 is 0 Å². The Hall–Kier alpha value is 0.137. The first kappa shape index (κ1) is 21.1. The predicted octanol–water partition coefficient (Wildman–Crippen LogP) is 5.61. The van der Waals surface area contributed by atoms with Crippen molar-refractivity contribution in [1.82, 2.24) is 0 Å². The summed E-state index contributed by atoms with van der Waals surface area (Å²) < 4.78 is 6.25. The van der Waals surface area contributed by atoms with Gasteiger partial charge in [0.1, 0.15) is 0 Å². The van der Waals surface area contributed by atoms with Gasteiger partial charge in [0.25, 0.3) is 0 Å². The molecule has 0 aromatic heterocycles. The van der Waals surface area contributed by atoms with Gasteiger partial charge in [-0.05, 0) is 30.5 Å². The minimum absolute atomic E-state index is 0.223. The highest BCUT2D eigenvalue weighted by atomic mass is 28.4. The third kappa shape index (κ3) is 7.80. The van der Waals surface area contributed by atoms with Gasteiger partial charge in [0, 0.05) is 12.5 Å². The zero-order valence-corrected chi connectivity index (χ0v) is 16.8. The molecule has 0 spiro atoms. The van der Waals surface area contributed by atoms with Crippen LogP contribution in [0.1, 0.15) is 73.6 Å². The Morgan fingerprint density at radius 1 is 1.00 bits per heavy atom. The summed E-state index contributed by atoms with van der Waals surface area (Å²) in [6, 6.07) is 0. The van der Waals surface area contributed by atoms with E-state index in [0.717, 1.165) is 6.42 Å². The van der Waals surface area contributed by atoms with Crippen molar-refractivity contribution in [3.8, 4) is 0 Å². The van der Waals surface area contributed by atoms with Gasteiger partial charge in [-0.1, -0.05) is 67.2 Å². The van der Waals surface area contributed by atoms with Gasteiger partial charge in [-0.3, -0.25) is 0 Å². The Kier molecular flexibility index (Phi) is 9.38. The molecule has 3 atom stereocenters. The van der Waals surface area contributed by atoms with Crippen molar-refractivity contribution in [3.05, 3.63) is 0 Å². The molecule has 1 N–H and O–H groups in total. The highest BCUT2D eigenvalue weighted by Gasteiger charge is 2.37. The largest absolute Gasteiger partial charge is 0.416 e. The van der Waals surface area contributed by atoms with Crippen LogP contribution in [0.25, 0.3) is 0 Å². The fourth-order valence-corrected chi connectivity index (χ4v) is 3.39. The first-order chi connectivity index (χ1) is 9.53. The van der Waals surface area contributed by atoms with Crippen molar-refractivity contribution < 1.29 is 9.53 Å². The van der Waals surface area contributed by atoms with E-state index in [1.54, 1.807) is 0 Å². The molecule has 0 saturated carbocycles. The number of hydrogen-bond donors (Lipinski definition) is 1. The van der Waals surface area contributed by atoms with Crippen molar-refractivity contribution in [2.75, 3.05) is 6.61 Å². The molecule has 0 amide bonds. The molecule has 0 bridgehead atoms. The molecule has 0 rings (SSSR count). The van der Waals surface area contributed by atoms with Gasteiger partial charge >= 0.3 is 0 Å². The van der Waals surface area contributed by atoms with E-state index in [-0.39, 0.29) is 17.1 Å². The maximum Gasteiger partial charge on any atom is 0.191 e. The molecule has 0 unspecified atom stereocenters.